The fourth-order valence-corrected chi connectivity index (χ4v) is 1.66. The minimum atomic E-state index is -1.28. The van der Waals surface area contributed by atoms with Crippen molar-refractivity contribution in [3.63, 3.8) is 0 Å². The lowest BCUT2D eigenvalue weighted by Gasteiger charge is -2.09. The van der Waals surface area contributed by atoms with Crippen molar-refractivity contribution < 1.29 is 23.6 Å². The largest absolute Gasteiger partial charge is 0.478 e. The highest BCUT2D eigenvalue weighted by molar-refractivity contribution is 5.90. The van der Waals surface area contributed by atoms with E-state index in [0.29, 0.717) is 6.07 Å². The zero-order valence-corrected chi connectivity index (χ0v) is 10.3. The number of rotatable bonds is 4. The van der Waals surface area contributed by atoms with E-state index in [0.717, 1.165) is 30.3 Å². The van der Waals surface area contributed by atoms with E-state index in [1.54, 1.807) is 0 Å². The Balaban J connectivity index is 2.48. The molecule has 0 aliphatic rings. The summed E-state index contributed by atoms with van der Waals surface area (Å²) in [4.78, 5) is 21.0. The van der Waals surface area contributed by atoms with E-state index in [1.807, 2.05) is 0 Å². The summed E-state index contributed by atoms with van der Waals surface area (Å²) < 4.78 is 26.3. The van der Waals surface area contributed by atoms with Gasteiger partial charge in [0.2, 0.25) is 0 Å². The second kappa shape index (κ2) is 5.53. The van der Waals surface area contributed by atoms with E-state index in [9.17, 15) is 23.7 Å². The summed E-state index contributed by atoms with van der Waals surface area (Å²) in [5, 5.41) is 22.2. The monoisotopic (exact) mass is 294 g/mol. The minimum Gasteiger partial charge on any atom is -0.478 e. The fraction of sp³-hybridized carbons (Fsp3) is 0. The number of carbonyl (C=O) groups is 1. The average molecular weight is 294 g/mol. The molecule has 0 aliphatic heterocycles. The smallest absolute Gasteiger partial charge is 0.335 e. The summed E-state index contributed by atoms with van der Waals surface area (Å²) >= 11 is 0. The van der Waals surface area contributed by atoms with Crippen molar-refractivity contribution in [3.05, 3.63) is 63.7 Å². The molecule has 6 nitrogen and oxygen atoms in total. The Bertz CT molecular complexity index is 734. The predicted molar refractivity (Wildman–Crippen MR) is 69.7 cm³/mol. The normalized spacial score (nSPS) is 10.2. The highest BCUT2D eigenvalue weighted by Crippen LogP contribution is 2.30. The van der Waals surface area contributed by atoms with Gasteiger partial charge in [0.05, 0.1) is 16.2 Å². The molecule has 0 spiro atoms. The molecule has 2 N–H and O–H groups in total. The predicted octanol–water partition coefficient (Wildman–Crippen LogP) is 3.31. The van der Waals surface area contributed by atoms with E-state index in [4.69, 9.17) is 5.11 Å². The van der Waals surface area contributed by atoms with Gasteiger partial charge in [0.15, 0.2) is 0 Å². The summed E-state index contributed by atoms with van der Waals surface area (Å²) in [5.41, 5.74) is -1.04. The van der Waals surface area contributed by atoms with Crippen molar-refractivity contribution >= 4 is 23.0 Å². The fourth-order valence-electron chi connectivity index (χ4n) is 1.66. The Morgan fingerprint density at radius 3 is 2.43 bits per heavy atom. The molecule has 0 atom stereocenters. The first kappa shape index (κ1) is 14.4. The van der Waals surface area contributed by atoms with Crippen LogP contribution in [0.3, 0.4) is 0 Å². The molecule has 21 heavy (non-hydrogen) atoms. The van der Waals surface area contributed by atoms with Crippen LogP contribution in [0.1, 0.15) is 10.4 Å². The summed E-state index contributed by atoms with van der Waals surface area (Å²) in [7, 11) is 0. The van der Waals surface area contributed by atoms with Gasteiger partial charge in [-0.05, 0) is 24.3 Å². The van der Waals surface area contributed by atoms with Crippen molar-refractivity contribution in [3.8, 4) is 0 Å². The molecule has 108 valence electrons. The molecular formula is C13H8F2N2O4. The molecule has 0 radical (unpaired) electrons. The molecule has 0 amide bonds. The van der Waals surface area contributed by atoms with Crippen LogP contribution in [0, 0.1) is 21.7 Å². The quantitative estimate of drug-likeness (QED) is 0.666. The number of benzene rings is 2. The number of aromatic carboxylic acids is 1. The number of nitro groups is 1. The first-order valence-electron chi connectivity index (χ1n) is 5.62. The molecule has 0 aliphatic carbocycles. The van der Waals surface area contributed by atoms with Crippen LogP contribution in [0.25, 0.3) is 0 Å². The molecule has 0 saturated heterocycles. The highest BCUT2D eigenvalue weighted by atomic mass is 19.1. The van der Waals surface area contributed by atoms with Crippen molar-refractivity contribution in [2.24, 2.45) is 0 Å². The molecule has 0 unspecified atom stereocenters. The number of nitrogens with one attached hydrogen (secondary N) is 1. The molecule has 0 heterocycles. The molecule has 0 fully saturated rings. The molecule has 2 aromatic carbocycles. The molecule has 2 rings (SSSR count). The van der Waals surface area contributed by atoms with Gasteiger partial charge in [-0.25, -0.2) is 13.6 Å². The van der Waals surface area contributed by atoms with Gasteiger partial charge in [-0.1, -0.05) is 0 Å². The third kappa shape index (κ3) is 3.11. The van der Waals surface area contributed by atoms with Gasteiger partial charge in [-0.3, -0.25) is 10.1 Å². The van der Waals surface area contributed by atoms with Crippen molar-refractivity contribution in [2.45, 2.75) is 0 Å². The lowest BCUT2D eigenvalue weighted by atomic mass is 10.1. The molecular weight excluding hydrogens is 286 g/mol. The van der Waals surface area contributed by atoms with E-state index < -0.39 is 28.2 Å². The van der Waals surface area contributed by atoms with Crippen LogP contribution in [0.2, 0.25) is 0 Å². The summed E-state index contributed by atoms with van der Waals surface area (Å²) in [5.74, 6) is -3.04. The Hall–Kier alpha value is -3.03. The van der Waals surface area contributed by atoms with E-state index in [-0.39, 0.29) is 16.9 Å². The van der Waals surface area contributed by atoms with E-state index in [2.05, 4.69) is 5.32 Å². The number of halogens is 2. The van der Waals surface area contributed by atoms with Gasteiger partial charge in [0.1, 0.15) is 17.3 Å². The SMILES string of the molecule is O=C(O)c1ccc([N+](=O)[O-])c(Nc2ccc(F)cc2F)c1. The Morgan fingerprint density at radius 1 is 1.14 bits per heavy atom. The lowest BCUT2D eigenvalue weighted by Crippen LogP contribution is -2.03. The van der Waals surface area contributed by atoms with Gasteiger partial charge in [0, 0.05) is 12.1 Å². The average Bonchev–Trinajstić information content (AvgIpc) is 2.41. The van der Waals surface area contributed by atoms with Crippen LogP contribution >= 0.6 is 0 Å². The maximum Gasteiger partial charge on any atom is 0.335 e. The number of hydrogen-bond donors (Lipinski definition) is 2. The minimum absolute atomic E-state index is 0.203. The first-order valence-corrected chi connectivity index (χ1v) is 5.62. The van der Waals surface area contributed by atoms with Crippen LogP contribution in [0.5, 0.6) is 0 Å². The Morgan fingerprint density at radius 2 is 1.86 bits per heavy atom. The van der Waals surface area contributed by atoms with Crippen LogP contribution < -0.4 is 5.32 Å². The molecule has 0 aromatic heterocycles. The van der Waals surface area contributed by atoms with Crippen LogP contribution in [-0.2, 0) is 0 Å². The number of carboxylic acids is 1. The summed E-state index contributed by atoms with van der Waals surface area (Å²) in [6.45, 7) is 0. The van der Waals surface area contributed by atoms with Gasteiger partial charge >= 0.3 is 5.97 Å². The molecule has 0 saturated carbocycles. The summed E-state index contributed by atoms with van der Waals surface area (Å²) in [6.07, 6.45) is 0. The second-order valence-corrected chi connectivity index (χ2v) is 4.04. The van der Waals surface area contributed by atoms with Gasteiger partial charge in [0.25, 0.3) is 5.69 Å². The number of nitro benzene ring substituents is 1. The zero-order chi connectivity index (χ0) is 15.6. The standard InChI is InChI=1S/C13H8F2N2O4/c14-8-2-3-10(9(15)6-8)16-11-5-7(13(18)19)1-4-12(11)17(20)21/h1-6,16H,(H,18,19). The van der Waals surface area contributed by atoms with Gasteiger partial charge in [-0.2, -0.15) is 0 Å². The van der Waals surface area contributed by atoms with Crippen LogP contribution in [0.4, 0.5) is 25.8 Å². The molecule has 8 heteroatoms. The van der Waals surface area contributed by atoms with Crippen molar-refractivity contribution in [1.82, 2.24) is 0 Å². The maximum absolute atomic E-state index is 13.5. The van der Waals surface area contributed by atoms with Crippen LogP contribution in [0.15, 0.2) is 36.4 Å². The van der Waals surface area contributed by atoms with E-state index in [1.165, 1.54) is 0 Å². The third-order valence-electron chi connectivity index (χ3n) is 2.64. The Labute approximate surface area is 116 Å². The maximum atomic E-state index is 13.5. The number of anilines is 2. The summed E-state index contributed by atoms with van der Waals surface area (Å²) in [6, 6.07) is 5.69. The van der Waals surface area contributed by atoms with Gasteiger partial charge in [-0.15, -0.1) is 0 Å². The molecule has 0 bridgehead atoms. The second-order valence-electron chi connectivity index (χ2n) is 4.04. The Kier molecular flexibility index (Phi) is 3.79. The number of hydrogen-bond acceptors (Lipinski definition) is 4. The topological polar surface area (TPSA) is 92.5 Å². The van der Waals surface area contributed by atoms with E-state index >= 15 is 0 Å². The number of carboxylic acid groups (broad SMARTS) is 1. The van der Waals surface area contributed by atoms with Gasteiger partial charge < -0.3 is 10.4 Å². The highest BCUT2D eigenvalue weighted by Gasteiger charge is 2.18. The van der Waals surface area contributed by atoms with Crippen molar-refractivity contribution in [2.75, 3.05) is 5.32 Å². The van der Waals surface area contributed by atoms with Crippen molar-refractivity contribution in [1.29, 1.82) is 0 Å². The third-order valence-corrected chi connectivity index (χ3v) is 2.64. The molecule has 2 aromatic rings. The first-order chi connectivity index (χ1) is 9.88. The zero-order valence-electron chi connectivity index (χ0n) is 10.3. The lowest BCUT2D eigenvalue weighted by molar-refractivity contribution is -0.383. The number of nitrogens with zero attached hydrogens (tertiary/aromatic N) is 1. The van der Waals surface area contributed by atoms with Crippen LogP contribution in [-0.4, -0.2) is 16.0 Å².